The van der Waals surface area contributed by atoms with Crippen molar-refractivity contribution in [2.75, 3.05) is 5.75 Å². The predicted molar refractivity (Wildman–Crippen MR) is 82.0 cm³/mol. The number of nitrogens with zero attached hydrogens (tertiary/aromatic N) is 2. The number of para-hydroxylation sites is 2. The lowest BCUT2D eigenvalue weighted by Crippen LogP contribution is -2.49. The van der Waals surface area contributed by atoms with Gasteiger partial charge in [-0.25, -0.2) is 4.98 Å². The Bertz CT molecular complexity index is 666. The topological polar surface area (TPSA) is 61.9 Å². The van der Waals surface area contributed by atoms with Crippen molar-refractivity contribution in [3.63, 3.8) is 0 Å². The Balaban J connectivity index is 1.51. The van der Waals surface area contributed by atoms with E-state index in [4.69, 9.17) is 4.42 Å². The summed E-state index contributed by atoms with van der Waals surface area (Å²) in [6.45, 7) is 0. The fourth-order valence-electron chi connectivity index (χ4n) is 2.69. The summed E-state index contributed by atoms with van der Waals surface area (Å²) in [6.07, 6.45) is 4.70. The van der Waals surface area contributed by atoms with E-state index in [0.29, 0.717) is 22.9 Å². The molecule has 1 aromatic heterocycles. The molecule has 1 N–H and O–H groups in total. The lowest BCUT2D eigenvalue weighted by Gasteiger charge is -2.27. The fraction of sp³-hybridized carbons (Fsp3) is 0.500. The Morgan fingerprint density at radius 2 is 2.14 bits per heavy atom. The minimum atomic E-state index is -0.410. The van der Waals surface area contributed by atoms with Crippen molar-refractivity contribution >= 4 is 22.9 Å². The van der Waals surface area contributed by atoms with Crippen LogP contribution in [0.2, 0.25) is 0 Å². The number of thioether (sulfide) groups is 1. The molecule has 0 saturated heterocycles. The molecule has 108 valence electrons. The molecule has 1 atom stereocenters. The molecule has 2 aliphatic rings. The first kappa shape index (κ1) is 13.2. The smallest absolute Gasteiger partial charge is 0.256 e. The molecule has 0 aliphatic heterocycles. The van der Waals surface area contributed by atoms with Crippen molar-refractivity contribution < 1.29 is 4.42 Å². The lowest BCUT2D eigenvalue weighted by molar-refractivity contribution is 0.399. The van der Waals surface area contributed by atoms with E-state index < -0.39 is 5.54 Å². The van der Waals surface area contributed by atoms with Crippen molar-refractivity contribution in [2.45, 2.75) is 42.5 Å². The SMILES string of the molecule is N#CC(CSc1nc2ccccc2o1)(NC1CC1)C1CC1. The van der Waals surface area contributed by atoms with Crippen LogP contribution >= 0.6 is 11.8 Å². The van der Waals surface area contributed by atoms with E-state index in [0.717, 1.165) is 23.9 Å². The minimum Gasteiger partial charge on any atom is -0.431 e. The summed E-state index contributed by atoms with van der Waals surface area (Å²) in [5.41, 5.74) is 1.28. The average molecular weight is 299 g/mol. The molecular formula is C16H17N3OS. The first-order valence-electron chi connectivity index (χ1n) is 7.46. The summed E-state index contributed by atoms with van der Waals surface area (Å²) in [5, 5.41) is 13.9. The van der Waals surface area contributed by atoms with E-state index >= 15 is 0 Å². The molecule has 1 aromatic carbocycles. The zero-order valence-electron chi connectivity index (χ0n) is 11.7. The summed E-state index contributed by atoms with van der Waals surface area (Å²) in [4.78, 5) is 4.48. The number of aromatic nitrogens is 1. The van der Waals surface area contributed by atoms with Crippen LogP contribution in [-0.2, 0) is 0 Å². The summed E-state index contributed by atoms with van der Waals surface area (Å²) in [6, 6.07) is 10.9. The third-order valence-electron chi connectivity index (χ3n) is 4.21. The van der Waals surface area contributed by atoms with Crippen molar-refractivity contribution in [1.29, 1.82) is 5.26 Å². The second-order valence-electron chi connectivity index (χ2n) is 6.01. The molecular weight excluding hydrogens is 282 g/mol. The van der Waals surface area contributed by atoms with Gasteiger partial charge < -0.3 is 4.42 Å². The molecule has 2 aromatic rings. The molecule has 0 spiro atoms. The third kappa shape index (κ3) is 2.66. The highest BCUT2D eigenvalue weighted by Crippen LogP contribution is 2.43. The van der Waals surface area contributed by atoms with E-state index in [-0.39, 0.29) is 0 Å². The number of hydrogen-bond donors (Lipinski definition) is 1. The maximum Gasteiger partial charge on any atom is 0.256 e. The van der Waals surface area contributed by atoms with Crippen LogP contribution in [0.5, 0.6) is 0 Å². The minimum absolute atomic E-state index is 0.410. The number of rotatable bonds is 6. The Morgan fingerprint density at radius 3 is 2.81 bits per heavy atom. The van der Waals surface area contributed by atoms with Gasteiger partial charge in [-0.2, -0.15) is 5.26 Å². The van der Waals surface area contributed by atoms with E-state index in [9.17, 15) is 5.26 Å². The maximum atomic E-state index is 9.70. The van der Waals surface area contributed by atoms with Gasteiger partial charge >= 0.3 is 0 Å². The standard InChI is InChI=1S/C16H17N3OS/c17-9-16(11-5-6-11,19-12-7-8-12)10-21-15-18-13-3-1-2-4-14(13)20-15/h1-4,11-12,19H,5-8,10H2. The van der Waals surface area contributed by atoms with Gasteiger partial charge in [-0.3, -0.25) is 5.32 Å². The van der Waals surface area contributed by atoms with E-state index in [2.05, 4.69) is 16.4 Å². The lowest BCUT2D eigenvalue weighted by atomic mass is 9.97. The van der Waals surface area contributed by atoms with Crippen LogP contribution in [0.25, 0.3) is 11.1 Å². The Hall–Kier alpha value is -1.51. The Kier molecular flexibility index (Phi) is 3.16. The van der Waals surface area contributed by atoms with Crippen LogP contribution in [0.4, 0.5) is 0 Å². The van der Waals surface area contributed by atoms with Gasteiger partial charge in [0.25, 0.3) is 5.22 Å². The summed E-state index contributed by atoms with van der Waals surface area (Å²) >= 11 is 1.55. The van der Waals surface area contributed by atoms with Crippen LogP contribution < -0.4 is 5.32 Å². The van der Waals surface area contributed by atoms with Crippen molar-refractivity contribution in [3.05, 3.63) is 24.3 Å². The number of fused-ring (bicyclic) bond motifs is 1. The fourth-order valence-corrected chi connectivity index (χ4v) is 3.74. The maximum absolute atomic E-state index is 9.70. The van der Waals surface area contributed by atoms with Gasteiger partial charge in [0.15, 0.2) is 5.58 Å². The monoisotopic (exact) mass is 299 g/mol. The molecule has 4 rings (SSSR count). The zero-order valence-corrected chi connectivity index (χ0v) is 12.5. The molecule has 21 heavy (non-hydrogen) atoms. The van der Waals surface area contributed by atoms with Gasteiger partial charge in [0.05, 0.1) is 6.07 Å². The van der Waals surface area contributed by atoms with E-state index in [1.54, 1.807) is 11.8 Å². The van der Waals surface area contributed by atoms with Gasteiger partial charge in [0, 0.05) is 11.8 Å². The number of nitriles is 1. The predicted octanol–water partition coefficient (Wildman–Crippen LogP) is 3.34. The summed E-state index contributed by atoms with van der Waals surface area (Å²) in [7, 11) is 0. The first-order valence-corrected chi connectivity index (χ1v) is 8.45. The van der Waals surface area contributed by atoms with Gasteiger partial charge in [-0.1, -0.05) is 23.9 Å². The quantitative estimate of drug-likeness (QED) is 0.829. The van der Waals surface area contributed by atoms with Crippen molar-refractivity contribution in [2.24, 2.45) is 5.92 Å². The third-order valence-corrected chi connectivity index (χ3v) is 5.23. The Labute approximate surface area is 127 Å². The van der Waals surface area contributed by atoms with Crippen LogP contribution in [0.1, 0.15) is 25.7 Å². The number of oxazole rings is 1. The van der Waals surface area contributed by atoms with Crippen molar-refractivity contribution in [3.8, 4) is 6.07 Å². The Morgan fingerprint density at radius 1 is 1.33 bits per heavy atom. The molecule has 2 saturated carbocycles. The largest absolute Gasteiger partial charge is 0.431 e. The molecule has 0 bridgehead atoms. The second-order valence-corrected chi connectivity index (χ2v) is 6.94. The first-order chi connectivity index (χ1) is 10.3. The molecule has 2 fully saturated rings. The van der Waals surface area contributed by atoms with E-state index in [1.807, 2.05) is 24.3 Å². The normalized spacial score (nSPS) is 21.1. The number of benzene rings is 1. The number of hydrogen-bond acceptors (Lipinski definition) is 5. The highest BCUT2D eigenvalue weighted by molar-refractivity contribution is 7.99. The second kappa shape index (κ2) is 5.04. The average Bonchev–Trinajstić information content (AvgIpc) is 3.41. The van der Waals surface area contributed by atoms with E-state index in [1.165, 1.54) is 12.8 Å². The van der Waals surface area contributed by atoms with Crippen LogP contribution in [0.15, 0.2) is 33.9 Å². The van der Waals surface area contributed by atoms with Crippen molar-refractivity contribution in [1.82, 2.24) is 10.3 Å². The van der Waals surface area contributed by atoms with Gasteiger partial charge in [-0.15, -0.1) is 0 Å². The number of nitrogens with one attached hydrogen (secondary N) is 1. The van der Waals surface area contributed by atoms with Crippen LogP contribution in [-0.4, -0.2) is 22.3 Å². The van der Waals surface area contributed by atoms with Crippen LogP contribution in [0.3, 0.4) is 0 Å². The molecule has 0 amide bonds. The van der Waals surface area contributed by atoms with Crippen LogP contribution in [0, 0.1) is 17.2 Å². The molecule has 5 heteroatoms. The molecule has 4 nitrogen and oxygen atoms in total. The summed E-state index contributed by atoms with van der Waals surface area (Å²) < 4.78 is 5.74. The molecule has 0 radical (unpaired) electrons. The highest BCUT2D eigenvalue weighted by Gasteiger charge is 2.48. The highest BCUT2D eigenvalue weighted by atomic mass is 32.2. The van der Waals surface area contributed by atoms with Gasteiger partial charge in [-0.05, 0) is 43.7 Å². The zero-order chi connectivity index (χ0) is 14.3. The molecule has 1 unspecified atom stereocenters. The molecule has 2 aliphatic carbocycles. The summed E-state index contributed by atoms with van der Waals surface area (Å²) in [5.74, 6) is 1.19. The van der Waals surface area contributed by atoms with Gasteiger partial charge in [0.2, 0.25) is 0 Å². The van der Waals surface area contributed by atoms with Gasteiger partial charge in [0.1, 0.15) is 11.1 Å². The molecule has 1 heterocycles.